The molecule has 1 heterocycles. The fourth-order valence-electron chi connectivity index (χ4n) is 2.92. The second-order valence-corrected chi connectivity index (χ2v) is 5.96. The lowest BCUT2D eigenvalue weighted by Crippen LogP contribution is -2.40. The van der Waals surface area contributed by atoms with Crippen molar-refractivity contribution in [1.29, 1.82) is 0 Å². The van der Waals surface area contributed by atoms with Gasteiger partial charge in [0.15, 0.2) is 0 Å². The highest BCUT2D eigenvalue weighted by molar-refractivity contribution is 5.85. The lowest BCUT2D eigenvalue weighted by Gasteiger charge is -2.27. The molecule has 128 valence electrons. The zero-order valence-corrected chi connectivity index (χ0v) is 14.8. The molecule has 1 N–H and O–H groups in total. The first-order valence-corrected chi connectivity index (χ1v) is 8.05. The quantitative estimate of drug-likeness (QED) is 0.925. The minimum absolute atomic E-state index is 0. The number of rotatable bonds is 4. The smallest absolute Gasteiger partial charge is 0.242 e. The van der Waals surface area contributed by atoms with Gasteiger partial charge in [-0.05, 0) is 17.2 Å². The number of para-hydroxylation sites is 1. The van der Waals surface area contributed by atoms with Crippen LogP contribution in [0.4, 0.5) is 5.69 Å². The highest BCUT2D eigenvalue weighted by Gasteiger charge is 2.19. The van der Waals surface area contributed by atoms with E-state index in [1.165, 1.54) is 11.3 Å². The van der Waals surface area contributed by atoms with Crippen molar-refractivity contribution in [2.24, 2.45) is 0 Å². The average Bonchev–Trinajstić information content (AvgIpc) is 2.78. The monoisotopic (exact) mass is 345 g/mol. The molecule has 0 saturated heterocycles. The Morgan fingerprint density at radius 2 is 1.83 bits per heavy atom. The average molecular weight is 346 g/mol. The first kappa shape index (κ1) is 18.3. The predicted molar refractivity (Wildman–Crippen MR) is 101 cm³/mol. The number of fused-ring (bicyclic) bond motifs is 1. The maximum Gasteiger partial charge on any atom is 0.242 e. The largest absolute Gasteiger partial charge is 0.361 e. The lowest BCUT2D eigenvalue weighted by atomic mass is 10.1. The second kappa shape index (κ2) is 8.71. The van der Waals surface area contributed by atoms with E-state index in [0.29, 0.717) is 13.1 Å². The molecule has 0 atom stereocenters. The van der Waals surface area contributed by atoms with Gasteiger partial charge in [-0.15, -0.1) is 12.4 Å². The molecular weight excluding hydrogens is 322 g/mol. The maximum atomic E-state index is 12.6. The van der Waals surface area contributed by atoms with E-state index in [2.05, 4.69) is 34.5 Å². The van der Waals surface area contributed by atoms with Crippen LogP contribution in [0.5, 0.6) is 0 Å². The van der Waals surface area contributed by atoms with Crippen LogP contribution in [0, 0.1) is 0 Å². The fourth-order valence-corrected chi connectivity index (χ4v) is 2.92. The molecule has 2 aromatic rings. The van der Waals surface area contributed by atoms with Crippen molar-refractivity contribution < 1.29 is 4.79 Å². The van der Waals surface area contributed by atoms with E-state index in [1.54, 1.807) is 4.90 Å². The van der Waals surface area contributed by atoms with E-state index in [-0.39, 0.29) is 18.3 Å². The first-order valence-electron chi connectivity index (χ1n) is 8.05. The molecule has 24 heavy (non-hydrogen) atoms. The van der Waals surface area contributed by atoms with Crippen LogP contribution in [0.2, 0.25) is 0 Å². The number of halogens is 1. The number of nitrogens with zero attached hydrogens (tertiary/aromatic N) is 2. The van der Waals surface area contributed by atoms with Crippen LogP contribution in [-0.4, -0.2) is 37.5 Å². The number of likely N-dealkylation sites (N-methyl/N-ethyl adjacent to an activating group) is 1. The molecule has 0 radical (unpaired) electrons. The number of hydrogen-bond donors (Lipinski definition) is 1. The molecule has 1 aliphatic heterocycles. The summed E-state index contributed by atoms with van der Waals surface area (Å²) in [7, 11) is 1.87. The molecule has 0 aliphatic carbocycles. The number of carbonyl (C=O) groups excluding carboxylic acids is 1. The summed E-state index contributed by atoms with van der Waals surface area (Å²) in [4.78, 5) is 16.6. The number of anilines is 1. The summed E-state index contributed by atoms with van der Waals surface area (Å²) in [5.41, 5.74) is 3.57. The van der Waals surface area contributed by atoms with Gasteiger partial charge in [0, 0.05) is 38.9 Å². The van der Waals surface area contributed by atoms with Gasteiger partial charge in [-0.2, -0.15) is 0 Å². The number of hydrogen-bond acceptors (Lipinski definition) is 3. The summed E-state index contributed by atoms with van der Waals surface area (Å²) in [6.07, 6.45) is 0. The molecular formula is C19H24ClN3O. The molecule has 0 aromatic heterocycles. The fraction of sp³-hybridized carbons (Fsp3) is 0.316. The number of carbonyl (C=O) groups is 1. The Bertz CT molecular complexity index is 663. The third kappa shape index (κ3) is 4.49. The molecule has 0 spiro atoms. The van der Waals surface area contributed by atoms with E-state index in [4.69, 9.17) is 0 Å². The summed E-state index contributed by atoms with van der Waals surface area (Å²) >= 11 is 0. The van der Waals surface area contributed by atoms with Gasteiger partial charge in [0.05, 0.1) is 6.54 Å². The lowest BCUT2D eigenvalue weighted by molar-refractivity contribution is -0.128. The molecule has 2 aromatic carbocycles. The van der Waals surface area contributed by atoms with Crippen molar-refractivity contribution in [3.63, 3.8) is 0 Å². The highest BCUT2D eigenvalue weighted by atomic mass is 35.5. The summed E-state index contributed by atoms with van der Waals surface area (Å²) in [5.74, 6) is 0.144. The van der Waals surface area contributed by atoms with Gasteiger partial charge in [0.25, 0.3) is 0 Å². The van der Waals surface area contributed by atoms with Crippen molar-refractivity contribution >= 4 is 24.0 Å². The molecule has 1 amide bonds. The van der Waals surface area contributed by atoms with Crippen LogP contribution < -0.4 is 10.2 Å². The van der Waals surface area contributed by atoms with Crippen molar-refractivity contribution in [3.05, 3.63) is 65.7 Å². The van der Waals surface area contributed by atoms with Crippen molar-refractivity contribution in [2.45, 2.75) is 13.1 Å². The van der Waals surface area contributed by atoms with Crippen LogP contribution in [0.15, 0.2) is 54.6 Å². The van der Waals surface area contributed by atoms with Crippen LogP contribution in [0.1, 0.15) is 11.1 Å². The molecule has 5 heteroatoms. The van der Waals surface area contributed by atoms with Gasteiger partial charge in [-0.1, -0.05) is 48.5 Å². The van der Waals surface area contributed by atoms with Crippen LogP contribution in [0.3, 0.4) is 0 Å². The summed E-state index contributed by atoms with van der Waals surface area (Å²) in [6, 6.07) is 18.4. The predicted octanol–water partition coefficient (Wildman–Crippen LogP) is 2.68. The molecule has 0 saturated carbocycles. The van der Waals surface area contributed by atoms with Gasteiger partial charge in [0.2, 0.25) is 5.91 Å². The normalized spacial score (nSPS) is 13.5. The Morgan fingerprint density at radius 3 is 2.62 bits per heavy atom. The Kier molecular flexibility index (Phi) is 6.64. The van der Waals surface area contributed by atoms with Gasteiger partial charge in [-0.3, -0.25) is 4.79 Å². The topological polar surface area (TPSA) is 35.6 Å². The molecule has 4 nitrogen and oxygen atoms in total. The van der Waals surface area contributed by atoms with Gasteiger partial charge in [-0.25, -0.2) is 0 Å². The van der Waals surface area contributed by atoms with E-state index in [9.17, 15) is 4.79 Å². The number of amides is 1. The standard InChI is InChI=1S/C19H23N3O.ClH/c1-21(14-16-7-3-2-4-8-16)19(23)15-22-12-11-20-13-17-9-5-6-10-18(17)22;/h2-10,20H,11-15H2,1H3;1H. The molecule has 0 unspecified atom stereocenters. The van der Waals surface area contributed by atoms with Crippen molar-refractivity contribution in [1.82, 2.24) is 10.2 Å². The minimum atomic E-state index is 0. The molecule has 1 aliphatic rings. The summed E-state index contributed by atoms with van der Waals surface area (Å²) in [5, 5.41) is 3.41. The third-order valence-corrected chi connectivity index (χ3v) is 4.22. The van der Waals surface area contributed by atoms with Gasteiger partial charge < -0.3 is 15.1 Å². The van der Waals surface area contributed by atoms with Crippen molar-refractivity contribution in [2.75, 3.05) is 31.6 Å². The van der Waals surface area contributed by atoms with E-state index >= 15 is 0 Å². The van der Waals surface area contributed by atoms with Crippen LogP contribution in [-0.2, 0) is 17.9 Å². The molecule has 0 fully saturated rings. The zero-order valence-electron chi connectivity index (χ0n) is 13.9. The summed E-state index contributed by atoms with van der Waals surface area (Å²) in [6.45, 7) is 3.67. The van der Waals surface area contributed by atoms with Crippen molar-refractivity contribution in [3.8, 4) is 0 Å². The second-order valence-electron chi connectivity index (χ2n) is 5.96. The maximum absolute atomic E-state index is 12.6. The number of benzene rings is 2. The molecule has 0 bridgehead atoms. The Hall–Kier alpha value is -2.04. The SMILES string of the molecule is CN(Cc1ccccc1)C(=O)CN1CCNCc2ccccc21.Cl. The molecule has 3 rings (SSSR count). The van der Waals surface area contributed by atoms with E-state index in [0.717, 1.165) is 25.2 Å². The van der Waals surface area contributed by atoms with Gasteiger partial charge in [0.1, 0.15) is 0 Å². The van der Waals surface area contributed by atoms with Crippen LogP contribution in [0.25, 0.3) is 0 Å². The minimum Gasteiger partial charge on any atom is -0.361 e. The van der Waals surface area contributed by atoms with E-state index in [1.807, 2.05) is 37.4 Å². The Balaban J connectivity index is 0.00000208. The third-order valence-electron chi connectivity index (χ3n) is 4.22. The van der Waals surface area contributed by atoms with E-state index < -0.39 is 0 Å². The number of nitrogens with one attached hydrogen (secondary N) is 1. The Labute approximate surface area is 149 Å². The summed E-state index contributed by atoms with van der Waals surface area (Å²) < 4.78 is 0. The zero-order chi connectivity index (χ0) is 16.1. The highest BCUT2D eigenvalue weighted by Crippen LogP contribution is 2.22. The van der Waals surface area contributed by atoms with Crippen LogP contribution >= 0.6 is 12.4 Å². The Morgan fingerprint density at radius 1 is 1.12 bits per heavy atom. The van der Waals surface area contributed by atoms with Gasteiger partial charge >= 0.3 is 0 Å². The first-order chi connectivity index (χ1) is 11.2.